The minimum absolute atomic E-state index is 0.0630. The van der Waals surface area contributed by atoms with E-state index in [1.165, 1.54) is 23.5 Å². The first kappa shape index (κ1) is 28.3. The highest BCUT2D eigenvalue weighted by Crippen LogP contribution is 2.35. The van der Waals surface area contributed by atoms with Crippen molar-refractivity contribution in [1.82, 2.24) is 34.9 Å². The number of urea groups is 1. The molecule has 0 aliphatic carbocycles. The van der Waals surface area contributed by atoms with Crippen LogP contribution < -0.4 is 20.7 Å². The summed E-state index contributed by atoms with van der Waals surface area (Å²) in [6.45, 7) is 1.92. The lowest BCUT2D eigenvalue weighted by Gasteiger charge is -2.32. The topological polar surface area (TPSA) is 144 Å². The number of piperidine rings is 1. The van der Waals surface area contributed by atoms with E-state index >= 15 is 4.39 Å². The van der Waals surface area contributed by atoms with Crippen molar-refractivity contribution in [3.8, 4) is 22.8 Å². The number of benzene rings is 2. The Morgan fingerprint density at radius 3 is 2.44 bits per heavy atom. The smallest absolute Gasteiger partial charge is 0.328 e. The molecule has 5 heterocycles. The standard InChI is InChI=1S/C32H30FN9O3/c33-25-16-22(41-15-12-27(43)38-32(41)44)17-35-26(25)18-40-13-10-21(11-14-40)42-31-28(30(34)36-19-37-31)29(39-42)20-6-8-24(9-7-20)45-23-4-2-1-3-5-23/h1-9,16-17,19,21H,10-15,18H2,(H2,34,36,37)(H,38,43,44). The second kappa shape index (κ2) is 11.9. The molecule has 2 saturated heterocycles. The quantitative estimate of drug-likeness (QED) is 0.269. The van der Waals surface area contributed by atoms with Crippen molar-refractivity contribution in [2.75, 3.05) is 30.3 Å². The van der Waals surface area contributed by atoms with Crippen molar-refractivity contribution < 1.29 is 18.7 Å². The third-order valence-corrected chi connectivity index (χ3v) is 8.17. The number of aromatic nitrogens is 5. The maximum absolute atomic E-state index is 15.1. The number of likely N-dealkylation sites (tertiary alicyclic amines) is 1. The lowest BCUT2D eigenvalue weighted by atomic mass is 10.0. The van der Waals surface area contributed by atoms with Crippen LogP contribution in [-0.2, 0) is 11.3 Å². The monoisotopic (exact) mass is 607 g/mol. The number of hydrogen-bond donors (Lipinski definition) is 2. The molecule has 2 aliphatic rings. The van der Waals surface area contributed by atoms with Crippen molar-refractivity contribution in [3.63, 3.8) is 0 Å². The molecule has 3 aromatic heterocycles. The van der Waals surface area contributed by atoms with Crippen molar-refractivity contribution >= 4 is 34.5 Å². The number of nitrogens with two attached hydrogens (primary N) is 1. The Morgan fingerprint density at radius 2 is 1.71 bits per heavy atom. The summed E-state index contributed by atoms with van der Waals surface area (Å²) in [6.07, 6.45) is 4.63. The Balaban J connectivity index is 1.05. The molecule has 0 unspecified atom stereocenters. The molecule has 12 nitrogen and oxygen atoms in total. The van der Waals surface area contributed by atoms with Gasteiger partial charge in [0.05, 0.1) is 29.0 Å². The Labute approximate surface area is 257 Å². The Morgan fingerprint density at radius 1 is 0.956 bits per heavy atom. The second-order valence-corrected chi connectivity index (χ2v) is 11.1. The lowest BCUT2D eigenvalue weighted by Crippen LogP contribution is -2.49. The van der Waals surface area contributed by atoms with E-state index in [4.69, 9.17) is 15.6 Å². The van der Waals surface area contributed by atoms with Gasteiger partial charge in [0.25, 0.3) is 0 Å². The number of nitrogens with one attached hydrogen (secondary N) is 1. The van der Waals surface area contributed by atoms with Crippen molar-refractivity contribution in [1.29, 1.82) is 0 Å². The number of para-hydroxylation sites is 1. The first-order chi connectivity index (χ1) is 21.9. The highest BCUT2D eigenvalue weighted by molar-refractivity contribution is 6.05. The number of halogens is 1. The second-order valence-electron chi connectivity index (χ2n) is 11.1. The average molecular weight is 608 g/mol. The van der Waals surface area contributed by atoms with Gasteiger partial charge < -0.3 is 10.5 Å². The SMILES string of the molecule is Nc1ncnc2c1c(-c1ccc(Oc3ccccc3)cc1)nn2C1CCN(Cc2ncc(N3CCC(=O)NC3=O)cc2F)CC1. The zero-order chi connectivity index (χ0) is 30.9. The van der Waals surface area contributed by atoms with Crippen LogP contribution in [0.5, 0.6) is 11.5 Å². The van der Waals surface area contributed by atoms with Crippen LogP contribution in [0.1, 0.15) is 31.0 Å². The van der Waals surface area contributed by atoms with E-state index in [0.717, 1.165) is 24.2 Å². The molecule has 5 aromatic rings. The molecule has 3 amide bonds. The fourth-order valence-electron chi connectivity index (χ4n) is 5.82. The van der Waals surface area contributed by atoms with Gasteiger partial charge in [-0.2, -0.15) is 5.10 Å². The molecule has 0 radical (unpaired) electrons. The van der Waals surface area contributed by atoms with E-state index in [2.05, 4.69) is 25.2 Å². The largest absolute Gasteiger partial charge is 0.457 e. The normalized spacial score (nSPS) is 16.2. The number of ether oxygens (including phenoxy) is 1. The number of amides is 3. The maximum Gasteiger partial charge on any atom is 0.328 e. The number of nitrogen functional groups attached to an aromatic ring is 1. The summed E-state index contributed by atoms with van der Waals surface area (Å²) in [5.41, 5.74) is 9.22. The summed E-state index contributed by atoms with van der Waals surface area (Å²) in [5.74, 6) is 0.989. The molecular formula is C32H30FN9O3. The third kappa shape index (κ3) is 5.77. The van der Waals surface area contributed by atoms with Crippen LogP contribution in [0.25, 0.3) is 22.3 Å². The number of hydrogen-bond acceptors (Lipinski definition) is 9. The maximum atomic E-state index is 15.1. The highest BCUT2D eigenvalue weighted by atomic mass is 19.1. The molecule has 0 saturated carbocycles. The minimum Gasteiger partial charge on any atom is -0.457 e. The van der Waals surface area contributed by atoms with Gasteiger partial charge in [0.1, 0.15) is 35.2 Å². The number of fused-ring (bicyclic) bond motifs is 1. The summed E-state index contributed by atoms with van der Waals surface area (Å²) in [6, 6.07) is 18.1. The summed E-state index contributed by atoms with van der Waals surface area (Å²) in [7, 11) is 0. The van der Waals surface area contributed by atoms with Crippen LogP contribution in [0.4, 0.5) is 20.7 Å². The molecular weight excluding hydrogens is 577 g/mol. The number of imide groups is 1. The van der Waals surface area contributed by atoms with Gasteiger partial charge in [0.2, 0.25) is 5.91 Å². The predicted octanol–water partition coefficient (Wildman–Crippen LogP) is 4.69. The zero-order valence-corrected chi connectivity index (χ0v) is 24.3. The van der Waals surface area contributed by atoms with Gasteiger partial charge in [-0.1, -0.05) is 18.2 Å². The summed E-state index contributed by atoms with van der Waals surface area (Å²) in [5, 5.41) is 7.94. The number of nitrogens with zero attached hydrogens (tertiary/aromatic N) is 7. The van der Waals surface area contributed by atoms with Gasteiger partial charge in [0.15, 0.2) is 5.65 Å². The van der Waals surface area contributed by atoms with Gasteiger partial charge >= 0.3 is 6.03 Å². The molecule has 45 heavy (non-hydrogen) atoms. The van der Waals surface area contributed by atoms with Crippen LogP contribution >= 0.6 is 0 Å². The summed E-state index contributed by atoms with van der Waals surface area (Å²) in [4.78, 5) is 40.1. The van der Waals surface area contributed by atoms with Crippen molar-refractivity contribution in [2.24, 2.45) is 0 Å². The fourth-order valence-corrected chi connectivity index (χ4v) is 5.82. The molecule has 3 N–H and O–H groups in total. The van der Waals surface area contributed by atoms with Gasteiger partial charge in [-0.15, -0.1) is 0 Å². The molecule has 0 spiro atoms. The van der Waals surface area contributed by atoms with E-state index in [-0.39, 0.29) is 24.9 Å². The molecule has 0 bridgehead atoms. The number of carbonyl (C=O) groups excluding carboxylic acids is 2. The number of anilines is 2. The molecule has 2 aromatic carbocycles. The molecule has 13 heteroatoms. The van der Waals surface area contributed by atoms with Crippen molar-refractivity contribution in [2.45, 2.75) is 31.8 Å². The lowest BCUT2D eigenvalue weighted by molar-refractivity contribution is -0.120. The van der Waals surface area contributed by atoms with Crippen LogP contribution in [0.3, 0.4) is 0 Å². The van der Waals surface area contributed by atoms with Gasteiger partial charge in [-0.05, 0) is 49.2 Å². The minimum atomic E-state index is -0.572. The van der Waals surface area contributed by atoms with Crippen LogP contribution in [-0.4, -0.2) is 61.2 Å². The molecule has 0 atom stereocenters. The Hall–Kier alpha value is -5.43. The zero-order valence-electron chi connectivity index (χ0n) is 24.3. The number of carbonyl (C=O) groups is 2. The highest BCUT2D eigenvalue weighted by Gasteiger charge is 2.28. The molecule has 7 rings (SSSR count). The first-order valence-electron chi connectivity index (χ1n) is 14.7. The molecule has 228 valence electrons. The van der Waals surface area contributed by atoms with E-state index in [1.807, 2.05) is 59.3 Å². The number of pyridine rings is 1. The Bertz CT molecular complexity index is 1870. The van der Waals surface area contributed by atoms with E-state index in [9.17, 15) is 9.59 Å². The number of rotatable bonds is 7. The van der Waals surface area contributed by atoms with Crippen molar-refractivity contribution in [3.05, 3.63) is 84.7 Å². The predicted molar refractivity (Wildman–Crippen MR) is 165 cm³/mol. The van der Waals surface area contributed by atoms with Crippen LogP contribution in [0.2, 0.25) is 0 Å². The van der Waals surface area contributed by atoms with Crippen LogP contribution in [0, 0.1) is 5.82 Å². The first-order valence-corrected chi connectivity index (χ1v) is 14.7. The summed E-state index contributed by atoms with van der Waals surface area (Å²) < 4.78 is 22.9. The van der Waals surface area contributed by atoms with E-state index < -0.39 is 11.8 Å². The van der Waals surface area contributed by atoms with Gasteiger partial charge in [-0.25, -0.2) is 23.8 Å². The Kier molecular flexibility index (Phi) is 7.51. The van der Waals surface area contributed by atoms with E-state index in [0.29, 0.717) is 59.3 Å². The van der Waals surface area contributed by atoms with Gasteiger partial charge in [0, 0.05) is 44.2 Å². The molecule has 2 fully saturated rings. The molecule has 2 aliphatic heterocycles. The van der Waals surface area contributed by atoms with E-state index in [1.54, 1.807) is 0 Å². The summed E-state index contributed by atoms with van der Waals surface area (Å²) >= 11 is 0. The fraction of sp³-hybridized carbons (Fsp3) is 0.250. The van der Waals surface area contributed by atoms with Crippen LogP contribution in [0.15, 0.2) is 73.2 Å². The average Bonchev–Trinajstić information content (AvgIpc) is 3.44. The van der Waals surface area contributed by atoms with Gasteiger partial charge in [-0.3, -0.25) is 24.9 Å². The third-order valence-electron chi connectivity index (χ3n) is 8.17.